The van der Waals surface area contributed by atoms with E-state index in [4.69, 9.17) is 4.98 Å². The normalized spacial score (nSPS) is 14.8. The summed E-state index contributed by atoms with van der Waals surface area (Å²) in [6.07, 6.45) is 4.69. The van der Waals surface area contributed by atoms with E-state index in [9.17, 15) is 0 Å². The largest absolute Gasteiger partial charge is 0.343 e. The van der Waals surface area contributed by atoms with E-state index < -0.39 is 0 Å². The van der Waals surface area contributed by atoms with Crippen molar-refractivity contribution in [1.29, 1.82) is 0 Å². The molecule has 3 aromatic rings. The second-order valence-electron chi connectivity index (χ2n) is 6.19. The van der Waals surface area contributed by atoms with Crippen molar-refractivity contribution in [3.8, 4) is 11.3 Å². The van der Waals surface area contributed by atoms with Crippen molar-refractivity contribution in [2.75, 3.05) is 0 Å². The molecule has 21 heavy (non-hydrogen) atoms. The topological polar surface area (TPSA) is 17.8 Å². The maximum Gasteiger partial charge on any atom is 0.0944 e. The lowest BCUT2D eigenvalue weighted by atomic mass is 10.1. The Hall–Kier alpha value is -2.09. The fourth-order valence-corrected chi connectivity index (χ4v) is 3.19. The van der Waals surface area contributed by atoms with Crippen LogP contribution < -0.4 is 0 Å². The summed E-state index contributed by atoms with van der Waals surface area (Å²) in [5, 5.41) is 1.35. The van der Waals surface area contributed by atoms with Crippen molar-refractivity contribution in [2.45, 2.75) is 33.2 Å². The number of aromatic nitrogens is 2. The summed E-state index contributed by atoms with van der Waals surface area (Å²) in [5.41, 5.74) is 6.42. The standard InChI is InChI=1S/C19H20N2/c1-13-14(2)21(12-15-8-9-15)19-17(13)10-11-20-18(19)16-6-4-3-5-7-16/h3-7,10-11,15H,8-9,12H2,1-2H3. The molecule has 2 nitrogen and oxygen atoms in total. The van der Waals surface area contributed by atoms with Crippen molar-refractivity contribution in [2.24, 2.45) is 5.92 Å². The minimum Gasteiger partial charge on any atom is -0.343 e. The molecule has 0 unspecified atom stereocenters. The van der Waals surface area contributed by atoms with Gasteiger partial charge in [-0.15, -0.1) is 0 Å². The third-order valence-corrected chi connectivity index (χ3v) is 4.73. The minimum absolute atomic E-state index is 0.863. The number of benzene rings is 1. The molecule has 1 aliphatic rings. The van der Waals surface area contributed by atoms with Crippen LogP contribution in [0.5, 0.6) is 0 Å². The number of pyridine rings is 1. The highest BCUT2D eigenvalue weighted by molar-refractivity contribution is 5.95. The minimum atomic E-state index is 0.863. The summed E-state index contributed by atoms with van der Waals surface area (Å²) in [6.45, 7) is 5.62. The molecule has 0 amide bonds. The number of rotatable bonds is 3. The lowest BCUT2D eigenvalue weighted by molar-refractivity contribution is 0.632. The Morgan fingerprint density at radius 3 is 2.57 bits per heavy atom. The van der Waals surface area contributed by atoms with Crippen LogP contribution in [0, 0.1) is 19.8 Å². The third kappa shape index (κ3) is 2.06. The summed E-state index contributed by atoms with van der Waals surface area (Å²) >= 11 is 0. The molecule has 0 saturated heterocycles. The molecule has 4 rings (SSSR count). The molecule has 2 heterocycles. The van der Waals surface area contributed by atoms with Gasteiger partial charge in [-0.05, 0) is 44.2 Å². The zero-order valence-electron chi connectivity index (χ0n) is 12.6. The zero-order chi connectivity index (χ0) is 14.4. The molecule has 2 heteroatoms. The van der Waals surface area contributed by atoms with E-state index in [1.165, 1.54) is 40.6 Å². The van der Waals surface area contributed by atoms with Gasteiger partial charge in [0.05, 0.1) is 11.2 Å². The van der Waals surface area contributed by atoms with Crippen LogP contribution in [0.2, 0.25) is 0 Å². The average Bonchev–Trinajstić information content (AvgIpc) is 3.32. The smallest absolute Gasteiger partial charge is 0.0944 e. The molecule has 0 atom stereocenters. The average molecular weight is 276 g/mol. The molecule has 0 spiro atoms. The highest BCUT2D eigenvalue weighted by atomic mass is 15.0. The molecule has 0 bridgehead atoms. The maximum absolute atomic E-state index is 4.70. The summed E-state index contributed by atoms with van der Waals surface area (Å²) in [6, 6.07) is 12.7. The summed E-state index contributed by atoms with van der Waals surface area (Å²) in [4.78, 5) is 4.70. The Morgan fingerprint density at radius 2 is 1.86 bits per heavy atom. The lowest BCUT2D eigenvalue weighted by Crippen LogP contribution is -2.03. The quantitative estimate of drug-likeness (QED) is 0.676. The van der Waals surface area contributed by atoms with E-state index in [-0.39, 0.29) is 0 Å². The van der Waals surface area contributed by atoms with Crippen LogP contribution in [-0.4, -0.2) is 9.55 Å². The van der Waals surface area contributed by atoms with Gasteiger partial charge in [0.1, 0.15) is 0 Å². The first-order valence-electron chi connectivity index (χ1n) is 7.75. The van der Waals surface area contributed by atoms with Crippen LogP contribution in [0.3, 0.4) is 0 Å². The first-order chi connectivity index (χ1) is 10.3. The molecule has 106 valence electrons. The van der Waals surface area contributed by atoms with Gasteiger partial charge < -0.3 is 4.57 Å². The summed E-state index contributed by atoms with van der Waals surface area (Å²) < 4.78 is 2.50. The molecule has 0 N–H and O–H groups in total. The van der Waals surface area contributed by atoms with Crippen molar-refractivity contribution < 1.29 is 0 Å². The van der Waals surface area contributed by atoms with Gasteiger partial charge in [0.2, 0.25) is 0 Å². The Kier molecular flexibility index (Phi) is 2.85. The van der Waals surface area contributed by atoms with Crippen LogP contribution in [0.25, 0.3) is 22.2 Å². The monoisotopic (exact) mass is 276 g/mol. The molecule has 2 aromatic heterocycles. The Morgan fingerprint density at radius 1 is 1.10 bits per heavy atom. The predicted octanol–water partition coefficient (Wildman–Crippen LogP) is 4.73. The fourth-order valence-electron chi connectivity index (χ4n) is 3.19. The van der Waals surface area contributed by atoms with Crippen LogP contribution in [-0.2, 0) is 6.54 Å². The summed E-state index contributed by atoms with van der Waals surface area (Å²) in [5.74, 6) is 0.863. The third-order valence-electron chi connectivity index (χ3n) is 4.73. The first kappa shape index (κ1) is 12.6. The van der Waals surface area contributed by atoms with Gasteiger partial charge in [-0.3, -0.25) is 4.98 Å². The van der Waals surface area contributed by atoms with Gasteiger partial charge in [0.15, 0.2) is 0 Å². The SMILES string of the molecule is Cc1c(C)n(CC2CC2)c2c(-c3ccccc3)nccc12. The van der Waals surface area contributed by atoms with Gasteiger partial charge >= 0.3 is 0 Å². The number of hydrogen-bond acceptors (Lipinski definition) is 1. The maximum atomic E-state index is 4.70. The van der Waals surface area contributed by atoms with Crippen molar-refractivity contribution in [3.05, 3.63) is 53.9 Å². The van der Waals surface area contributed by atoms with Gasteiger partial charge in [-0.2, -0.15) is 0 Å². The lowest BCUT2D eigenvalue weighted by Gasteiger charge is -2.10. The molecular formula is C19H20N2. The van der Waals surface area contributed by atoms with Crippen molar-refractivity contribution in [1.82, 2.24) is 9.55 Å². The molecule has 1 saturated carbocycles. The van der Waals surface area contributed by atoms with Gasteiger partial charge in [0.25, 0.3) is 0 Å². The molecule has 1 aliphatic carbocycles. The van der Waals surface area contributed by atoms with E-state index in [1.54, 1.807) is 0 Å². The molecule has 0 radical (unpaired) electrons. The van der Waals surface area contributed by atoms with Crippen LogP contribution in [0.4, 0.5) is 0 Å². The Bertz CT molecular complexity index is 795. The molecule has 1 aromatic carbocycles. The van der Waals surface area contributed by atoms with Crippen LogP contribution in [0.15, 0.2) is 42.6 Å². The van der Waals surface area contributed by atoms with E-state index in [2.05, 4.69) is 54.8 Å². The van der Waals surface area contributed by atoms with Crippen molar-refractivity contribution in [3.63, 3.8) is 0 Å². The number of hydrogen-bond donors (Lipinski definition) is 0. The van der Waals surface area contributed by atoms with Crippen LogP contribution in [0.1, 0.15) is 24.1 Å². The number of aryl methyl sites for hydroxylation is 1. The van der Waals surface area contributed by atoms with E-state index in [0.717, 1.165) is 18.2 Å². The summed E-state index contributed by atoms with van der Waals surface area (Å²) in [7, 11) is 0. The van der Waals surface area contributed by atoms with E-state index in [0.29, 0.717) is 0 Å². The highest BCUT2D eigenvalue weighted by Gasteiger charge is 2.25. The first-order valence-corrected chi connectivity index (χ1v) is 7.75. The Balaban J connectivity index is 2.00. The number of fused-ring (bicyclic) bond motifs is 1. The Labute approximate surface area is 125 Å². The van der Waals surface area contributed by atoms with Crippen LogP contribution >= 0.6 is 0 Å². The van der Waals surface area contributed by atoms with E-state index >= 15 is 0 Å². The fraction of sp³-hybridized carbons (Fsp3) is 0.316. The second kappa shape index (κ2) is 4.73. The molecule has 0 aliphatic heterocycles. The highest BCUT2D eigenvalue weighted by Crippen LogP contribution is 2.37. The zero-order valence-corrected chi connectivity index (χ0v) is 12.6. The molecular weight excluding hydrogens is 256 g/mol. The van der Waals surface area contributed by atoms with Gasteiger partial charge in [0, 0.05) is 29.4 Å². The predicted molar refractivity (Wildman–Crippen MR) is 87.4 cm³/mol. The van der Waals surface area contributed by atoms with Gasteiger partial charge in [-0.1, -0.05) is 30.3 Å². The van der Waals surface area contributed by atoms with E-state index in [1.807, 2.05) is 6.20 Å². The van der Waals surface area contributed by atoms with Crippen molar-refractivity contribution >= 4 is 10.9 Å². The second-order valence-corrected chi connectivity index (χ2v) is 6.19. The molecule has 1 fully saturated rings. The number of nitrogens with zero attached hydrogens (tertiary/aromatic N) is 2. The van der Waals surface area contributed by atoms with Gasteiger partial charge in [-0.25, -0.2) is 0 Å².